The number of rotatable bonds is 5. The third-order valence-corrected chi connectivity index (χ3v) is 5.28. The Morgan fingerprint density at radius 3 is 1.78 bits per heavy atom. The minimum Gasteiger partial charge on any atom is -0.322 e. The fourth-order valence-corrected chi connectivity index (χ4v) is 3.64. The van der Waals surface area contributed by atoms with Crippen LogP contribution in [-0.4, -0.2) is 15.7 Å². The van der Waals surface area contributed by atoms with E-state index in [4.69, 9.17) is 5.10 Å². The Balaban J connectivity index is 1.46. The molecule has 0 saturated carbocycles. The molecular formula is C28H21N3O. The summed E-state index contributed by atoms with van der Waals surface area (Å²) in [6.07, 6.45) is 1.78. The molecule has 1 heterocycles. The van der Waals surface area contributed by atoms with E-state index in [1.807, 2.05) is 103 Å². The van der Waals surface area contributed by atoms with Gasteiger partial charge in [0.1, 0.15) is 5.69 Å². The minimum atomic E-state index is -0.196. The molecule has 4 nitrogen and oxygen atoms in total. The second-order valence-corrected chi connectivity index (χ2v) is 7.44. The number of anilines is 1. The molecule has 4 aromatic carbocycles. The van der Waals surface area contributed by atoms with E-state index in [-0.39, 0.29) is 5.91 Å². The highest BCUT2D eigenvalue weighted by molar-refractivity contribution is 6.08. The van der Waals surface area contributed by atoms with Crippen molar-refractivity contribution >= 4 is 11.6 Å². The molecule has 0 aliphatic carbocycles. The highest BCUT2D eigenvalue weighted by Crippen LogP contribution is 2.26. The van der Waals surface area contributed by atoms with Crippen LogP contribution in [0.4, 0.5) is 5.69 Å². The Morgan fingerprint density at radius 1 is 0.625 bits per heavy atom. The molecule has 4 heteroatoms. The molecule has 0 saturated heterocycles. The highest BCUT2D eigenvalue weighted by atomic mass is 16.1. The van der Waals surface area contributed by atoms with Crippen LogP contribution in [0.5, 0.6) is 0 Å². The predicted molar refractivity (Wildman–Crippen MR) is 129 cm³/mol. The second-order valence-electron chi connectivity index (χ2n) is 7.44. The molecule has 0 atom stereocenters. The van der Waals surface area contributed by atoms with Crippen LogP contribution in [-0.2, 0) is 0 Å². The fourth-order valence-electron chi connectivity index (χ4n) is 3.64. The van der Waals surface area contributed by atoms with Gasteiger partial charge in [0.25, 0.3) is 5.91 Å². The number of hydrogen-bond donors (Lipinski definition) is 1. The van der Waals surface area contributed by atoms with Gasteiger partial charge in [0.2, 0.25) is 0 Å². The standard InChI is InChI=1S/C28H21N3O/c32-28(29-24-18-16-22(17-19-24)21-10-4-1-5-11-21)26-20-31(25-14-8-3-9-15-25)30-27(26)23-12-6-2-7-13-23/h1-20H,(H,29,32). The van der Waals surface area contributed by atoms with Gasteiger partial charge in [-0.1, -0.05) is 91.0 Å². The maximum atomic E-state index is 13.2. The van der Waals surface area contributed by atoms with Crippen molar-refractivity contribution < 1.29 is 4.79 Å². The largest absolute Gasteiger partial charge is 0.322 e. The van der Waals surface area contributed by atoms with Crippen molar-refractivity contribution in [3.8, 4) is 28.1 Å². The van der Waals surface area contributed by atoms with E-state index in [0.29, 0.717) is 11.3 Å². The molecule has 5 aromatic rings. The molecular weight excluding hydrogens is 394 g/mol. The Hall–Kier alpha value is -4.44. The highest BCUT2D eigenvalue weighted by Gasteiger charge is 2.19. The number of carbonyl (C=O) groups excluding carboxylic acids is 1. The maximum absolute atomic E-state index is 13.2. The van der Waals surface area contributed by atoms with Crippen LogP contribution in [0.1, 0.15) is 10.4 Å². The summed E-state index contributed by atoms with van der Waals surface area (Å²) in [5, 5.41) is 7.74. The van der Waals surface area contributed by atoms with E-state index >= 15 is 0 Å². The van der Waals surface area contributed by atoms with Gasteiger partial charge in [-0.2, -0.15) is 5.10 Å². The van der Waals surface area contributed by atoms with Crippen LogP contribution >= 0.6 is 0 Å². The molecule has 0 unspecified atom stereocenters. The molecule has 1 amide bonds. The summed E-state index contributed by atoms with van der Waals surface area (Å²) >= 11 is 0. The first kappa shape index (κ1) is 19.5. The molecule has 32 heavy (non-hydrogen) atoms. The predicted octanol–water partition coefficient (Wildman–Crippen LogP) is 6.46. The molecule has 0 aliphatic rings. The summed E-state index contributed by atoms with van der Waals surface area (Å²) in [6, 6.07) is 37.6. The summed E-state index contributed by atoms with van der Waals surface area (Å²) in [5.74, 6) is -0.196. The zero-order chi connectivity index (χ0) is 21.8. The molecule has 0 bridgehead atoms. The number of hydrogen-bond acceptors (Lipinski definition) is 2. The van der Waals surface area contributed by atoms with E-state index in [9.17, 15) is 4.79 Å². The molecule has 154 valence electrons. The van der Waals surface area contributed by atoms with Gasteiger partial charge >= 0.3 is 0 Å². The van der Waals surface area contributed by atoms with E-state index in [2.05, 4.69) is 17.4 Å². The van der Waals surface area contributed by atoms with Crippen LogP contribution < -0.4 is 5.32 Å². The van der Waals surface area contributed by atoms with Gasteiger partial charge in [-0.25, -0.2) is 4.68 Å². The summed E-state index contributed by atoms with van der Waals surface area (Å²) in [7, 11) is 0. The van der Waals surface area contributed by atoms with Gasteiger partial charge in [0.15, 0.2) is 0 Å². The number of nitrogens with zero attached hydrogens (tertiary/aromatic N) is 2. The molecule has 1 N–H and O–H groups in total. The Bertz CT molecular complexity index is 1330. The lowest BCUT2D eigenvalue weighted by Crippen LogP contribution is -2.12. The molecule has 0 fully saturated rings. The Morgan fingerprint density at radius 2 is 1.16 bits per heavy atom. The van der Waals surface area contributed by atoms with Gasteiger partial charge in [0, 0.05) is 17.4 Å². The van der Waals surface area contributed by atoms with Crippen LogP contribution in [0.2, 0.25) is 0 Å². The van der Waals surface area contributed by atoms with E-state index in [1.54, 1.807) is 10.9 Å². The van der Waals surface area contributed by atoms with Crippen LogP contribution in [0.15, 0.2) is 121 Å². The first-order valence-corrected chi connectivity index (χ1v) is 10.5. The van der Waals surface area contributed by atoms with Crippen molar-refractivity contribution in [2.75, 3.05) is 5.32 Å². The van der Waals surface area contributed by atoms with Crippen molar-refractivity contribution in [2.45, 2.75) is 0 Å². The third kappa shape index (κ3) is 4.07. The normalized spacial score (nSPS) is 10.6. The lowest BCUT2D eigenvalue weighted by molar-refractivity contribution is 0.102. The SMILES string of the molecule is O=C(Nc1ccc(-c2ccccc2)cc1)c1cn(-c2ccccc2)nc1-c1ccccc1. The Labute approximate surface area is 186 Å². The monoisotopic (exact) mass is 415 g/mol. The zero-order valence-corrected chi connectivity index (χ0v) is 17.3. The van der Waals surface area contributed by atoms with Gasteiger partial charge in [-0.05, 0) is 35.4 Å². The van der Waals surface area contributed by atoms with E-state index in [0.717, 1.165) is 28.1 Å². The number of amides is 1. The number of carbonyl (C=O) groups is 1. The molecule has 0 aliphatic heterocycles. The van der Waals surface area contributed by atoms with E-state index in [1.165, 1.54) is 0 Å². The number of benzene rings is 4. The molecule has 0 spiro atoms. The van der Waals surface area contributed by atoms with Crippen molar-refractivity contribution in [3.63, 3.8) is 0 Å². The minimum absolute atomic E-state index is 0.196. The first-order chi connectivity index (χ1) is 15.8. The zero-order valence-electron chi connectivity index (χ0n) is 17.3. The Kier molecular flexibility index (Phi) is 5.33. The molecule has 5 rings (SSSR count). The average molecular weight is 415 g/mol. The van der Waals surface area contributed by atoms with Crippen LogP contribution in [0.3, 0.4) is 0 Å². The average Bonchev–Trinajstić information content (AvgIpc) is 3.32. The molecule has 1 aromatic heterocycles. The summed E-state index contributed by atoms with van der Waals surface area (Å²) in [5.41, 5.74) is 5.94. The second kappa shape index (κ2) is 8.74. The summed E-state index contributed by atoms with van der Waals surface area (Å²) in [6.45, 7) is 0. The number of aromatic nitrogens is 2. The smallest absolute Gasteiger partial charge is 0.259 e. The van der Waals surface area contributed by atoms with Gasteiger partial charge in [0.05, 0.1) is 11.3 Å². The van der Waals surface area contributed by atoms with Crippen molar-refractivity contribution in [1.82, 2.24) is 9.78 Å². The van der Waals surface area contributed by atoms with Crippen LogP contribution in [0, 0.1) is 0 Å². The fraction of sp³-hybridized carbons (Fsp3) is 0. The van der Waals surface area contributed by atoms with Gasteiger partial charge in [-0.3, -0.25) is 4.79 Å². The summed E-state index contributed by atoms with van der Waals surface area (Å²) in [4.78, 5) is 13.2. The first-order valence-electron chi connectivity index (χ1n) is 10.5. The summed E-state index contributed by atoms with van der Waals surface area (Å²) < 4.78 is 1.75. The quantitative estimate of drug-likeness (QED) is 0.358. The lowest BCUT2D eigenvalue weighted by atomic mass is 10.1. The van der Waals surface area contributed by atoms with Crippen molar-refractivity contribution in [2.24, 2.45) is 0 Å². The van der Waals surface area contributed by atoms with Crippen molar-refractivity contribution in [3.05, 3.63) is 127 Å². The van der Waals surface area contributed by atoms with Gasteiger partial charge in [-0.15, -0.1) is 0 Å². The van der Waals surface area contributed by atoms with Crippen molar-refractivity contribution in [1.29, 1.82) is 0 Å². The molecule has 0 radical (unpaired) electrons. The van der Waals surface area contributed by atoms with E-state index < -0.39 is 0 Å². The third-order valence-electron chi connectivity index (χ3n) is 5.28. The lowest BCUT2D eigenvalue weighted by Gasteiger charge is -2.07. The van der Waals surface area contributed by atoms with Gasteiger partial charge < -0.3 is 5.32 Å². The van der Waals surface area contributed by atoms with Crippen LogP contribution in [0.25, 0.3) is 28.1 Å². The number of nitrogens with one attached hydrogen (secondary N) is 1. The number of para-hydroxylation sites is 1. The maximum Gasteiger partial charge on any atom is 0.259 e. The topological polar surface area (TPSA) is 46.9 Å².